The summed E-state index contributed by atoms with van der Waals surface area (Å²) in [5.41, 5.74) is 0.943. The SMILES string of the molecule is Cc1nnc(N2CC(O)CC2CN(C)C)c2ccccc12. The van der Waals surface area contributed by atoms with Gasteiger partial charge in [-0.1, -0.05) is 24.3 Å². The number of benzene rings is 1. The van der Waals surface area contributed by atoms with Crippen LogP contribution in [-0.2, 0) is 0 Å². The van der Waals surface area contributed by atoms with E-state index < -0.39 is 0 Å². The number of hydrogen-bond acceptors (Lipinski definition) is 5. The van der Waals surface area contributed by atoms with Gasteiger partial charge in [0.25, 0.3) is 0 Å². The average Bonchev–Trinajstić information content (AvgIpc) is 2.79. The van der Waals surface area contributed by atoms with Gasteiger partial charge in [-0.2, -0.15) is 5.10 Å². The minimum absolute atomic E-state index is 0.274. The number of hydrogen-bond donors (Lipinski definition) is 1. The summed E-state index contributed by atoms with van der Waals surface area (Å²) >= 11 is 0. The van der Waals surface area contributed by atoms with Crippen LogP contribution in [0, 0.1) is 6.92 Å². The minimum atomic E-state index is -0.295. The highest BCUT2D eigenvalue weighted by atomic mass is 16.3. The van der Waals surface area contributed by atoms with Crippen molar-refractivity contribution in [1.82, 2.24) is 15.1 Å². The Hall–Kier alpha value is -1.72. The number of anilines is 1. The Morgan fingerprint density at radius 2 is 1.95 bits per heavy atom. The number of nitrogens with zero attached hydrogens (tertiary/aromatic N) is 4. The van der Waals surface area contributed by atoms with Crippen LogP contribution >= 0.6 is 0 Å². The van der Waals surface area contributed by atoms with Crippen molar-refractivity contribution >= 4 is 16.6 Å². The van der Waals surface area contributed by atoms with Crippen LogP contribution in [0.15, 0.2) is 24.3 Å². The maximum Gasteiger partial charge on any atom is 0.159 e. The van der Waals surface area contributed by atoms with E-state index in [-0.39, 0.29) is 12.1 Å². The smallest absolute Gasteiger partial charge is 0.159 e. The van der Waals surface area contributed by atoms with Crippen molar-refractivity contribution in [3.05, 3.63) is 30.0 Å². The summed E-state index contributed by atoms with van der Waals surface area (Å²) in [5.74, 6) is 0.889. The summed E-state index contributed by atoms with van der Waals surface area (Å²) in [6, 6.07) is 8.49. The zero-order chi connectivity index (χ0) is 15.0. The first kappa shape index (κ1) is 14.2. The third-order valence-electron chi connectivity index (χ3n) is 4.09. The monoisotopic (exact) mass is 286 g/mol. The fourth-order valence-electron chi connectivity index (χ4n) is 3.18. The van der Waals surface area contributed by atoms with Gasteiger partial charge in [-0.15, -0.1) is 5.10 Å². The molecule has 0 spiro atoms. The Bertz CT molecular complexity index is 643. The highest BCUT2D eigenvalue weighted by Crippen LogP contribution is 2.31. The van der Waals surface area contributed by atoms with Gasteiger partial charge in [-0.25, -0.2) is 0 Å². The Morgan fingerprint density at radius 3 is 2.67 bits per heavy atom. The van der Waals surface area contributed by atoms with Gasteiger partial charge in [-0.05, 0) is 27.4 Å². The number of β-amino-alcohol motifs (C(OH)–C–C–N with tert-alkyl or cyclic N) is 1. The maximum absolute atomic E-state index is 10.1. The van der Waals surface area contributed by atoms with Gasteiger partial charge in [0.2, 0.25) is 0 Å². The van der Waals surface area contributed by atoms with Gasteiger partial charge in [0.1, 0.15) is 0 Å². The fourth-order valence-corrected chi connectivity index (χ4v) is 3.18. The van der Waals surface area contributed by atoms with Crippen LogP contribution in [0.5, 0.6) is 0 Å². The number of fused-ring (bicyclic) bond motifs is 1. The maximum atomic E-state index is 10.1. The third kappa shape index (κ3) is 2.71. The van der Waals surface area contributed by atoms with Gasteiger partial charge >= 0.3 is 0 Å². The summed E-state index contributed by atoms with van der Waals surface area (Å²) < 4.78 is 0. The number of aryl methyl sites for hydroxylation is 1. The molecule has 1 saturated heterocycles. The van der Waals surface area contributed by atoms with Gasteiger partial charge in [0, 0.05) is 29.9 Å². The van der Waals surface area contributed by atoms with Crippen LogP contribution in [0.4, 0.5) is 5.82 Å². The highest BCUT2D eigenvalue weighted by Gasteiger charge is 2.33. The van der Waals surface area contributed by atoms with E-state index in [1.54, 1.807) is 0 Å². The first-order valence-electron chi connectivity index (χ1n) is 7.37. The van der Waals surface area contributed by atoms with Crippen molar-refractivity contribution in [1.29, 1.82) is 0 Å². The Morgan fingerprint density at radius 1 is 1.24 bits per heavy atom. The molecule has 1 aromatic carbocycles. The lowest BCUT2D eigenvalue weighted by atomic mass is 10.1. The molecule has 0 aliphatic carbocycles. The fraction of sp³-hybridized carbons (Fsp3) is 0.500. The lowest BCUT2D eigenvalue weighted by Crippen LogP contribution is -2.38. The second kappa shape index (κ2) is 5.58. The summed E-state index contributed by atoms with van der Waals surface area (Å²) in [6.45, 7) is 3.51. The molecule has 2 aromatic rings. The average molecular weight is 286 g/mol. The van der Waals surface area contributed by atoms with Gasteiger partial charge < -0.3 is 14.9 Å². The molecule has 1 aliphatic rings. The third-order valence-corrected chi connectivity index (χ3v) is 4.09. The Labute approximate surface area is 125 Å². The topological polar surface area (TPSA) is 52.5 Å². The molecule has 0 amide bonds. The number of aliphatic hydroxyl groups excluding tert-OH is 1. The highest BCUT2D eigenvalue weighted by molar-refractivity contribution is 5.93. The van der Waals surface area contributed by atoms with Crippen LogP contribution in [0.2, 0.25) is 0 Å². The lowest BCUT2D eigenvalue weighted by molar-refractivity contribution is 0.191. The van der Waals surface area contributed by atoms with Crippen molar-refractivity contribution in [2.75, 3.05) is 32.1 Å². The molecule has 112 valence electrons. The van der Waals surface area contributed by atoms with Crippen molar-refractivity contribution in [3.8, 4) is 0 Å². The molecule has 0 bridgehead atoms. The summed E-state index contributed by atoms with van der Waals surface area (Å²) in [5, 5.41) is 21.0. The molecule has 0 saturated carbocycles. The van der Waals surface area contributed by atoms with Crippen LogP contribution < -0.4 is 4.90 Å². The van der Waals surface area contributed by atoms with E-state index in [4.69, 9.17) is 0 Å². The second-order valence-corrected chi connectivity index (χ2v) is 6.11. The van der Waals surface area contributed by atoms with Crippen molar-refractivity contribution in [3.63, 3.8) is 0 Å². The van der Waals surface area contributed by atoms with E-state index in [9.17, 15) is 5.11 Å². The number of likely N-dealkylation sites (N-methyl/N-ethyl adjacent to an activating group) is 1. The number of aliphatic hydroxyl groups is 1. The van der Waals surface area contributed by atoms with Crippen LogP contribution in [0.1, 0.15) is 12.1 Å². The van der Waals surface area contributed by atoms with E-state index in [0.717, 1.165) is 35.2 Å². The molecule has 0 radical (unpaired) electrons. The van der Waals surface area contributed by atoms with Crippen molar-refractivity contribution < 1.29 is 5.11 Å². The van der Waals surface area contributed by atoms with Crippen LogP contribution in [-0.4, -0.2) is 59.5 Å². The van der Waals surface area contributed by atoms with E-state index >= 15 is 0 Å². The molecular weight excluding hydrogens is 264 g/mol. The van der Waals surface area contributed by atoms with E-state index in [0.29, 0.717) is 6.54 Å². The van der Waals surface area contributed by atoms with Gasteiger partial charge in [0.15, 0.2) is 5.82 Å². The normalized spacial score (nSPS) is 22.4. The molecule has 1 fully saturated rings. The first-order chi connectivity index (χ1) is 10.1. The second-order valence-electron chi connectivity index (χ2n) is 6.11. The Kier molecular flexibility index (Phi) is 3.78. The van der Waals surface area contributed by atoms with E-state index in [2.05, 4.69) is 46.2 Å². The molecule has 1 aliphatic heterocycles. The molecule has 2 heterocycles. The number of aromatic nitrogens is 2. The molecule has 1 N–H and O–H groups in total. The number of rotatable bonds is 3. The summed E-state index contributed by atoms with van der Waals surface area (Å²) in [6.07, 6.45) is 0.485. The van der Waals surface area contributed by atoms with Gasteiger partial charge in [0.05, 0.1) is 11.8 Å². The first-order valence-corrected chi connectivity index (χ1v) is 7.37. The lowest BCUT2D eigenvalue weighted by Gasteiger charge is -2.28. The molecule has 5 heteroatoms. The Balaban J connectivity index is 2.04. The molecule has 1 aromatic heterocycles. The summed E-state index contributed by atoms with van der Waals surface area (Å²) in [4.78, 5) is 4.36. The van der Waals surface area contributed by atoms with Gasteiger partial charge in [-0.3, -0.25) is 0 Å². The summed E-state index contributed by atoms with van der Waals surface area (Å²) in [7, 11) is 4.11. The zero-order valence-corrected chi connectivity index (χ0v) is 12.8. The quantitative estimate of drug-likeness (QED) is 0.925. The predicted molar refractivity (Wildman–Crippen MR) is 84.6 cm³/mol. The predicted octanol–water partition coefficient (Wildman–Crippen LogP) is 1.44. The van der Waals surface area contributed by atoms with Crippen molar-refractivity contribution in [2.24, 2.45) is 0 Å². The minimum Gasteiger partial charge on any atom is -0.391 e. The molecule has 5 nitrogen and oxygen atoms in total. The zero-order valence-electron chi connectivity index (χ0n) is 12.8. The van der Waals surface area contributed by atoms with Crippen LogP contribution in [0.25, 0.3) is 10.8 Å². The molecule has 3 rings (SSSR count). The molecule has 2 atom stereocenters. The molecule has 21 heavy (non-hydrogen) atoms. The standard InChI is InChI=1S/C16H22N4O/c1-11-14-6-4-5-7-15(14)16(18-17-11)20-10-13(21)8-12(20)9-19(2)3/h4-7,12-13,21H,8-10H2,1-3H3. The van der Waals surface area contributed by atoms with E-state index in [1.165, 1.54) is 0 Å². The van der Waals surface area contributed by atoms with E-state index in [1.807, 2.05) is 19.1 Å². The molecular formula is C16H22N4O. The van der Waals surface area contributed by atoms with Crippen molar-refractivity contribution in [2.45, 2.75) is 25.5 Å². The largest absolute Gasteiger partial charge is 0.391 e. The van der Waals surface area contributed by atoms with Crippen LogP contribution in [0.3, 0.4) is 0 Å². The molecule has 2 unspecified atom stereocenters.